The van der Waals surface area contributed by atoms with Crippen molar-refractivity contribution in [2.45, 2.75) is 33.1 Å². The number of rotatable bonds is 5. The molecule has 0 aliphatic heterocycles. The zero-order chi connectivity index (χ0) is 20.4. The van der Waals surface area contributed by atoms with Crippen LogP contribution in [0.5, 0.6) is 11.5 Å². The Balaban J connectivity index is 1.48. The van der Waals surface area contributed by atoms with Crippen LogP contribution in [0, 0.1) is 13.8 Å². The van der Waals surface area contributed by atoms with Crippen molar-refractivity contribution >= 4 is 0 Å². The van der Waals surface area contributed by atoms with Gasteiger partial charge in [0.1, 0.15) is 11.5 Å². The summed E-state index contributed by atoms with van der Waals surface area (Å²) in [5, 5.41) is 3.94. The summed E-state index contributed by atoms with van der Waals surface area (Å²) < 4.78 is 11.0. The van der Waals surface area contributed by atoms with E-state index >= 15 is 0 Å². The van der Waals surface area contributed by atoms with Gasteiger partial charge in [0, 0.05) is 17.9 Å². The van der Waals surface area contributed by atoms with Gasteiger partial charge < -0.3 is 9.26 Å². The fourth-order valence-electron chi connectivity index (χ4n) is 3.30. The number of nitrogens with zero attached hydrogens (tertiary/aromatic N) is 2. The molecular weight excluding hydrogens is 360 g/mol. The molecule has 4 rings (SSSR count). The van der Waals surface area contributed by atoms with Crippen LogP contribution in [0.3, 0.4) is 0 Å². The zero-order valence-corrected chi connectivity index (χ0v) is 17.1. The Hall–Kier alpha value is -3.40. The first kappa shape index (κ1) is 18.9. The average Bonchev–Trinajstić information content (AvgIpc) is 3.16. The zero-order valence-electron chi connectivity index (χ0n) is 17.1. The third-order valence-corrected chi connectivity index (χ3v) is 5.23. The van der Waals surface area contributed by atoms with E-state index in [1.165, 1.54) is 16.7 Å². The second-order valence-corrected chi connectivity index (χ2v) is 7.78. The minimum atomic E-state index is -0.0728. The van der Waals surface area contributed by atoms with Crippen molar-refractivity contribution in [2.75, 3.05) is 0 Å². The monoisotopic (exact) mass is 384 g/mol. The lowest BCUT2D eigenvalue weighted by molar-refractivity contribution is 0.394. The van der Waals surface area contributed by atoms with E-state index in [1.807, 2.05) is 36.4 Å². The van der Waals surface area contributed by atoms with Crippen LogP contribution in [0.4, 0.5) is 0 Å². The molecule has 0 spiro atoms. The lowest BCUT2D eigenvalue weighted by Crippen LogP contribution is -2.18. The minimum absolute atomic E-state index is 0.0728. The molecule has 0 bridgehead atoms. The molecule has 0 aliphatic rings. The fourth-order valence-corrected chi connectivity index (χ4v) is 3.30. The number of aryl methyl sites for hydroxylation is 2. The van der Waals surface area contributed by atoms with Gasteiger partial charge >= 0.3 is 0 Å². The van der Waals surface area contributed by atoms with Gasteiger partial charge in [0.25, 0.3) is 0 Å². The highest BCUT2D eigenvalue weighted by molar-refractivity contribution is 5.55. The van der Waals surface area contributed by atoms with E-state index in [2.05, 4.69) is 67.3 Å². The molecule has 4 aromatic rings. The summed E-state index contributed by atoms with van der Waals surface area (Å²) in [5.74, 6) is 2.70. The molecule has 0 aliphatic carbocycles. The first-order valence-electron chi connectivity index (χ1n) is 9.68. The van der Waals surface area contributed by atoms with Crippen LogP contribution in [-0.2, 0) is 5.41 Å². The molecule has 0 radical (unpaired) electrons. The van der Waals surface area contributed by atoms with Crippen LogP contribution in [0.2, 0.25) is 0 Å². The molecule has 1 aromatic heterocycles. The summed E-state index contributed by atoms with van der Waals surface area (Å²) in [5.41, 5.74) is 4.63. The van der Waals surface area contributed by atoms with Crippen LogP contribution >= 0.6 is 0 Å². The maximum absolute atomic E-state index is 6.00. The van der Waals surface area contributed by atoms with Crippen LogP contribution in [-0.4, -0.2) is 10.1 Å². The van der Waals surface area contributed by atoms with E-state index in [0.717, 1.165) is 17.1 Å². The summed E-state index contributed by atoms with van der Waals surface area (Å²) in [7, 11) is 0. The first-order valence-corrected chi connectivity index (χ1v) is 9.68. The van der Waals surface area contributed by atoms with Crippen LogP contribution in [0.15, 0.2) is 77.3 Å². The summed E-state index contributed by atoms with van der Waals surface area (Å²) >= 11 is 0. The topological polar surface area (TPSA) is 48.2 Å². The minimum Gasteiger partial charge on any atom is -0.457 e. The highest BCUT2D eigenvalue weighted by Gasteiger charge is 2.22. The van der Waals surface area contributed by atoms with Crippen molar-refractivity contribution in [2.24, 2.45) is 0 Å². The van der Waals surface area contributed by atoms with Gasteiger partial charge in [0.2, 0.25) is 11.7 Å². The predicted octanol–water partition coefficient (Wildman–Crippen LogP) is 6.47. The standard InChI is InChI=1S/C25H24N2O2/c1-17-5-9-20(10-6-17)25(3,4)21-11-15-23(16-12-21)28-22-13-7-19(8-14-22)24-26-18(2)29-27-24/h5-16H,1-4H3. The van der Waals surface area contributed by atoms with Gasteiger partial charge in [-0.1, -0.05) is 61.0 Å². The molecule has 29 heavy (non-hydrogen) atoms. The summed E-state index contributed by atoms with van der Waals surface area (Å²) in [6.45, 7) is 8.37. The Bertz CT molecular complexity index is 1090. The van der Waals surface area contributed by atoms with E-state index in [9.17, 15) is 0 Å². The molecule has 0 fully saturated rings. The molecule has 0 atom stereocenters. The lowest BCUT2D eigenvalue weighted by atomic mass is 9.78. The summed E-state index contributed by atoms with van der Waals surface area (Å²) in [4.78, 5) is 4.24. The molecule has 3 aromatic carbocycles. The normalized spacial score (nSPS) is 11.4. The van der Waals surface area contributed by atoms with E-state index in [-0.39, 0.29) is 5.41 Å². The number of benzene rings is 3. The van der Waals surface area contributed by atoms with Gasteiger partial charge in [0.05, 0.1) is 0 Å². The average molecular weight is 384 g/mol. The third kappa shape index (κ3) is 4.06. The van der Waals surface area contributed by atoms with Crippen LogP contribution in [0.25, 0.3) is 11.4 Å². The Kier molecular flexibility index (Phi) is 4.93. The van der Waals surface area contributed by atoms with E-state index in [0.29, 0.717) is 11.7 Å². The third-order valence-electron chi connectivity index (χ3n) is 5.23. The predicted molar refractivity (Wildman–Crippen MR) is 114 cm³/mol. The highest BCUT2D eigenvalue weighted by atomic mass is 16.5. The molecule has 0 saturated heterocycles. The Morgan fingerprint density at radius 2 is 1.24 bits per heavy atom. The van der Waals surface area contributed by atoms with E-state index < -0.39 is 0 Å². The molecule has 0 amide bonds. The van der Waals surface area contributed by atoms with Gasteiger partial charge in [-0.05, 0) is 54.4 Å². The summed E-state index contributed by atoms with van der Waals surface area (Å²) in [6.07, 6.45) is 0. The van der Waals surface area contributed by atoms with Crippen molar-refractivity contribution < 1.29 is 9.26 Å². The van der Waals surface area contributed by atoms with E-state index in [4.69, 9.17) is 9.26 Å². The maximum atomic E-state index is 6.00. The Labute approximate surface area is 171 Å². The quantitative estimate of drug-likeness (QED) is 0.395. The number of aromatic nitrogens is 2. The Morgan fingerprint density at radius 1 is 0.724 bits per heavy atom. The lowest BCUT2D eigenvalue weighted by Gasteiger charge is -2.26. The van der Waals surface area contributed by atoms with Gasteiger partial charge in [0.15, 0.2) is 0 Å². The van der Waals surface area contributed by atoms with Crippen molar-refractivity contribution in [3.8, 4) is 22.9 Å². The second kappa shape index (κ2) is 7.55. The fraction of sp³-hybridized carbons (Fsp3) is 0.200. The largest absolute Gasteiger partial charge is 0.457 e. The first-order chi connectivity index (χ1) is 13.9. The molecule has 0 saturated carbocycles. The summed E-state index contributed by atoms with van der Waals surface area (Å²) in [6, 6.07) is 24.7. The van der Waals surface area contributed by atoms with Gasteiger partial charge in [-0.2, -0.15) is 4.98 Å². The van der Waals surface area contributed by atoms with Crippen molar-refractivity contribution in [3.05, 3.63) is 95.4 Å². The molecule has 0 N–H and O–H groups in total. The molecule has 4 heteroatoms. The van der Waals surface area contributed by atoms with Crippen LogP contribution < -0.4 is 4.74 Å². The van der Waals surface area contributed by atoms with Crippen LogP contribution in [0.1, 0.15) is 36.4 Å². The molecule has 1 heterocycles. The van der Waals surface area contributed by atoms with Crippen molar-refractivity contribution in [3.63, 3.8) is 0 Å². The highest BCUT2D eigenvalue weighted by Crippen LogP contribution is 2.33. The molecule has 4 nitrogen and oxygen atoms in total. The number of hydrogen-bond donors (Lipinski definition) is 0. The SMILES string of the molecule is Cc1ccc(C(C)(C)c2ccc(Oc3ccc(-c4noc(C)n4)cc3)cc2)cc1. The molecular formula is C25H24N2O2. The van der Waals surface area contributed by atoms with Gasteiger partial charge in [-0.3, -0.25) is 0 Å². The molecule has 146 valence electrons. The van der Waals surface area contributed by atoms with Gasteiger partial charge in [-0.15, -0.1) is 0 Å². The number of ether oxygens (including phenoxy) is 1. The second-order valence-electron chi connectivity index (χ2n) is 7.78. The number of hydrogen-bond acceptors (Lipinski definition) is 4. The van der Waals surface area contributed by atoms with E-state index in [1.54, 1.807) is 6.92 Å². The molecule has 0 unspecified atom stereocenters. The maximum Gasteiger partial charge on any atom is 0.223 e. The van der Waals surface area contributed by atoms with Crippen molar-refractivity contribution in [1.82, 2.24) is 10.1 Å². The van der Waals surface area contributed by atoms with Crippen molar-refractivity contribution in [1.29, 1.82) is 0 Å². The smallest absolute Gasteiger partial charge is 0.223 e. The van der Waals surface area contributed by atoms with Gasteiger partial charge in [-0.25, -0.2) is 0 Å². The Morgan fingerprint density at radius 3 is 1.76 bits per heavy atom.